The fourth-order valence-electron chi connectivity index (χ4n) is 4.24. The van der Waals surface area contributed by atoms with E-state index in [-0.39, 0.29) is 5.91 Å². The summed E-state index contributed by atoms with van der Waals surface area (Å²) in [6, 6.07) is 12.1. The number of fused-ring (bicyclic) bond motifs is 1. The molecule has 1 aromatic carbocycles. The normalized spacial score (nSPS) is 11.6. The highest BCUT2D eigenvalue weighted by Gasteiger charge is 2.18. The van der Waals surface area contributed by atoms with E-state index < -0.39 is 0 Å². The van der Waals surface area contributed by atoms with Gasteiger partial charge in [-0.25, -0.2) is 9.97 Å². The zero-order valence-corrected chi connectivity index (χ0v) is 20.8. The van der Waals surface area contributed by atoms with Crippen molar-refractivity contribution in [3.63, 3.8) is 0 Å². The average molecular weight is 451 g/mol. The molecule has 0 saturated heterocycles. The summed E-state index contributed by atoms with van der Waals surface area (Å²) in [6.07, 6.45) is 1.71. The van der Waals surface area contributed by atoms with E-state index >= 15 is 0 Å². The van der Waals surface area contributed by atoms with E-state index in [1.807, 2.05) is 18.2 Å². The Morgan fingerprint density at radius 1 is 0.879 bits per heavy atom. The van der Waals surface area contributed by atoms with E-state index in [1.54, 1.807) is 17.7 Å². The number of aromatic nitrogens is 3. The van der Waals surface area contributed by atoms with Gasteiger partial charge in [0.25, 0.3) is 0 Å². The van der Waals surface area contributed by atoms with E-state index in [1.165, 1.54) is 0 Å². The van der Waals surface area contributed by atoms with Gasteiger partial charge in [0, 0.05) is 50.6 Å². The van der Waals surface area contributed by atoms with Crippen molar-refractivity contribution in [1.82, 2.24) is 24.3 Å². The van der Waals surface area contributed by atoms with E-state index in [0.29, 0.717) is 11.5 Å². The number of carbonyl (C=O) groups excluding carboxylic acids is 1. The van der Waals surface area contributed by atoms with Gasteiger partial charge in [0.1, 0.15) is 5.82 Å². The zero-order valence-electron chi connectivity index (χ0n) is 20.8. The molecule has 0 N–H and O–H groups in total. The van der Waals surface area contributed by atoms with E-state index in [2.05, 4.69) is 65.6 Å². The summed E-state index contributed by atoms with van der Waals surface area (Å²) >= 11 is 0. The number of hydrogen-bond donors (Lipinski definition) is 0. The molecule has 178 valence electrons. The van der Waals surface area contributed by atoms with Crippen LogP contribution >= 0.6 is 0 Å². The third kappa shape index (κ3) is 5.97. The topological polar surface area (TPSA) is 57.5 Å². The van der Waals surface area contributed by atoms with Gasteiger partial charge in [0.2, 0.25) is 5.91 Å². The first-order chi connectivity index (χ1) is 16.0. The Kier molecular flexibility index (Phi) is 8.97. The molecular formula is C26H38N6O. The van der Waals surface area contributed by atoms with Gasteiger partial charge in [-0.05, 0) is 50.4 Å². The Balaban J connectivity index is 1.95. The number of anilines is 1. The van der Waals surface area contributed by atoms with Crippen LogP contribution in [0, 0.1) is 0 Å². The second-order valence-electron chi connectivity index (χ2n) is 8.23. The maximum absolute atomic E-state index is 12.5. The molecule has 2 aromatic heterocycles. The molecule has 0 saturated carbocycles. The molecule has 2 heterocycles. The maximum atomic E-state index is 12.5. The largest absolute Gasteiger partial charge is 0.369 e. The number of carbonyl (C=O) groups is 1. The molecular weight excluding hydrogens is 412 g/mol. The fourth-order valence-corrected chi connectivity index (χ4v) is 4.24. The Morgan fingerprint density at radius 2 is 1.52 bits per heavy atom. The van der Waals surface area contributed by atoms with Crippen LogP contribution in [0.25, 0.3) is 22.6 Å². The molecule has 33 heavy (non-hydrogen) atoms. The van der Waals surface area contributed by atoms with Crippen molar-refractivity contribution in [3.8, 4) is 11.4 Å². The highest BCUT2D eigenvalue weighted by atomic mass is 16.1. The van der Waals surface area contributed by atoms with Crippen LogP contribution in [0.3, 0.4) is 0 Å². The van der Waals surface area contributed by atoms with E-state index in [9.17, 15) is 4.79 Å². The lowest BCUT2D eigenvalue weighted by Gasteiger charge is -2.30. The van der Waals surface area contributed by atoms with Gasteiger partial charge in [0.05, 0.1) is 5.52 Å². The van der Waals surface area contributed by atoms with Crippen molar-refractivity contribution in [2.75, 3.05) is 57.3 Å². The Hall–Kier alpha value is -2.77. The number of nitrogens with zero attached hydrogens (tertiary/aromatic N) is 6. The number of likely N-dealkylation sites (N-methyl/N-ethyl adjacent to an activating group) is 2. The lowest BCUT2D eigenvalue weighted by Crippen LogP contribution is -2.40. The molecule has 0 spiro atoms. The summed E-state index contributed by atoms with van der Waals surface area (Å²) in [6.45, 7) is 18.6. The minimum Gasteiger partial charge on any atom is -0.369 e. The summed E-state index contributed by atoms with van der Waals surface area (Å²) in [5.41, 5.74) is 3.41. The maximum Gasteiger partial charge on any atom is 0.229 e. The SMILES string of the molecule is CCN(CC)CCN(CCN(CC)CC)c1cccc(-c2nc3ncccc3n2C(C)=O)c1. The standard InChI is InChI=1S/C26H38N6O/c1-6-29(7-2)16-18-31(19-17-30(8-3)9-4)23-13-10-12-22(20-23)26-28-25-24(14-11-15-27-25)32(26)21(5)33/h10-15,20H,6-9,16-19H2,1-5H3. The minimum atomic E-state index is -0.0641. The third-order valence-electron chi connectivity index (χ3n) is 6.38. The van der Waals surface area contributed by atoms with Crippen LogP contribution in [-0.4, -0.2) is 82.6 Å². The smallest absolute Gasteiger partial charge is 0.229 e. The van der Waals surface area contributed by atoms with Gasteiger partial charge < -0.3 is 14.7 Å². The van der Waals surface area contributed by atoms with Gasteiger partial charge in [-0.3, -0.25) is 9.36 Å². The van der Waals surface area contributed by atoms with Crippen LogP contribution in [0.5, 0.6) is 0 Å². The lowest BCUT2D eigenvalue weighted by atomic mass is 10.1. The molecule has 0 amide bonds. The fraction of sp³-hybridized carbons (Fsp3) is 0.500. The summed E-state index contributed by atoms with van der Waals surface area (Å²) in [4.78, 5) is 28.9. The van der Waals surface area contributed by atoms with Gasteiger partial charge in [0.15, 0.2) is 5.65 Å². The summed E-state index contributed by atoms with van der Waals surface area (Å²) < 4.78 is 1.66. The predicted octanol–water partition coefficient (Wildman–Crippen LogP) is 4.25. The molecule has 7 heteroatoms. The molecule has 0 atom stereocenters. The van der Waals surface area contributed by atoms with Gasteiger partial charge >= 0.3 is 0 Å². The second-order valence-corrected chi connectivity index (χ2v) is 8.23. The van der Waals surface area contributed by atoms with Crippen LogP contribution < -0.4 is 4.90 Å². The van der Waals surface area contributed by atoms with Crippen molar-refractivity contribution >= 4 is 22.8 Å². The highest BCUT2D eigenvalue weighted by Crippen LogP contribution is 2.27. The van der Waals surface area contributed by atoms with Crippen LogP contribution in [0.2, 0.25) is 0 Å². The van der Waals surface area contributed by atoms with Crippen molar-refractivity contribution in [2.24, 2.45) is 0 Å². The first kappa shape index (κ1) is 24.9. The van der Waals surface area contributed by atoms with Crippen LogP contribution in [0.4, 0.5) is 5.69 Å². The summed E-state index contributed by atoms with van der Waals surface area (Å²) in [5, 5.41) is 0. The molecule has 0 fully saturated rings. The van der Waals surface area contributed by atoms with E-state index in [4.69, 9.17) is 4.98 Å². The molecule has 0 unspecified atom stereocenters. The van der Waals surface area contributed by atoms with Crippen LogP contribution in [-0.2, 0) is 0 Å². The summed E-state index contributed by atoms with van der Waals surface area (Å²) in [7, 11) is 0. The van der Waals surface area contributed by atoms with E-state index in [0.717, 1.165) is 69.1 Å². The Bertz CT molecular complexity index is 1020. The summed E-state index contributed by atoms with van der Waals surface area (Å²) in [5.74, 6) is 0.580. The molecule has 0 aliphatic rings. The van der Waals surface area contributed by atoms with Crippen molar-refractivity contribution in [2.45, 2.75) is 34.6 Å². The second kappa shape index (κ2) is 11.9. The molecule has 7 nitrogen and oxygen atoms in total. The number of rotatable bonds is 12. The molecule has 0 aliphatic carbocycles. The number of imidazole rings is 1. The van der Waals surface area contributed by atoms with Gasteiger partial charge in [-0.15, -0.1) is 0 Å². The molecule has 0 bridgehead atoms. The number of pyridine rings is 1. The number of hydrogen-bond acceptors (Lipinski definition) is 6. The number of benzene rings is 1. The third-order valence-corrected chi connectivity index (χ3v) is 6.38. The Labute approximate surface area is 198 Å². The van der Waals surface area contributed by atoms with Crippen LogP contribution in [0.15, 0.2) is 42.6 Å². The Morgan fingerprint density at radius 3 is 2.09 bits per heavy atom. The van der Waals surface area contributed by atoms with Gasteiger partial charge in [-0.2, -0.15) is 0 Å². The molecule has 3 rings (SSSR count). The van der Waals surface area contributed by atoms with Crippen molar-refractivity contribution in [1.29, 1.82) is 0 Å². The zero-order chi connectivity index (χ0) is 23.8. The monoisotopic (exact) mass is 450 g/mol. The quantitative estimate of drug-likeness (QED) is 0.411. The molecule has 0 aliphatic heterocycles. The lowest BCUT2D eigenvalue weighted by molar-refractivity contribution is 0.0943. The van der Waals surface area contributed by atoms with Crippen LogP contribution in [0.1, 0.15) is 39.4 Å². The predicted molar refractivity (Wildman–Crippen MR) is 137 cm³/mol. The highest BCUT2D eigenvalue weighted by molar-refractivity contribution is 5.92. The van der Waals surface area contributed by atoms with Gasteiger partial charge in [-0.1, -0.05) is 39.8 Å². The first-order valence-corrected chi connectivity index (χ1v) is 12.2. The van der Waals surface area contributed by atoms with Crippen molar-refractivity contribution < 1.29 is 4.79 Å². The molecule has 3 aromatic rings. The molecule has 0 radical (unpaired) electrons. The minimum absolute atomic E-state index is 0.0641. The van der Waals surface area contributed by atoms with Crippen molar-refractivity contribution in [3.05, 3.63) is 42.6 Å². The average Bonchev–Trinajstić information content (AvgIpc) is 3.24. The first-order valence-electron chi connectivity index (χ1n) is 12.2.